The summed E-state index contributed by atoms with van der Waals surface area (Å²) in [4.78, 5) is 23.2. The van der Waals surface area contributed by atoms with Crippen LogP contribution in [0.5, 0.6) is 0 Å². The number of Topliss-reactive ketones (excluding diaryl/α,β-unsaturated/α-hetero) is 1. The highest BCUT2D eigenvalue weighted by molar-refractivity contribution is 9.10. The highest BCUT2D eigenvalue weighted by Crippen LogP contribution is 2.26. The van der Waals surface area contributed by atoms with Gasteiger partial charge in [-0.05, 0) is 35.0 Å². The molecule has 5 heteroatoms. The van der Waals surface area contributed by atoms with E-state index in [1.807, 2.05) is 23.9 Å². The van der Waals surface area contributed by atoms with E-state index in [0.717, 1.165) is 15.4 Å². The van der Waals surface area contributed by atoms with Gasteiger partial charge in [0.15, 0.2) is 0 Å². The molecule has 0 saturated carbocycles. The summed E-state index contributed by atoms with van der Waals surface area (Å²) in [7, 11) is 1.88. The second kappa shape index (κ2) is 4.94. The van der Waals surface area contributed by atoms with Crippen LogP contribution in [-0.4, -0.2) is 22.9 Å². The largest absolute Gasteiger partial charge is 0.460 e. The number of ketones is 1. The Hall–Kier alpha value is -1.62. The minimum atomic E-state index is -0.815. The Morgan fingerprint density at radius 3 is 2.78 bits per heavy atom. The number of fused-ring (bicyclic) bond motifs is 1. The van der Waals surface area contributed by atoms with Crippen molar-refractivity contribution in [1.82, 2.24) is 4.57 Å². The number of esters is 1. The number of hydrogen-bond acceptors (Lipinski definition) is 3. The van der Waals surface area contributed by atoms with E-state index in [4.69, 9.17) is 4.74 Å². The van der Waals surface area contributed by atoms with Gasteiger partial charge in [-0.3, -0.25) is 4.79 Å². The number of rotatable bonds is 3. The van der Waals surface area contributed by atoms with Crippen LogP contribution in [0.1, 0.15) is 17.3 Å². The van der Waals surface area contributed by atoms with Crippen LogP contribution < -0.4 is 0 Å². The Morgan fingerprint density at radius 2 is 2.11 bits per heavy atom. The average Bonchev–Trinajstić information content (AvgIpc) is 2.64. The Balaban J connectivity index is 2.44. The van der Waals surface area contributed by atoms with Gasteiger partial charge in [0.25, 0.3) is 5.78 Å². The third kappa shape index (κ3) is 2.18. The Bertz CT molecular complexity index is 630. The number of nitrogens with zero attached hydrogens (tertiary/aromatic N) is 1. The van der Waals surface area contributed by atoms with Crippen LogP contribution in [0.25, 0.3) is 10.9 Å². The number of carbonyl (C=O) groups is 2. The zero-order valence-corrected chi connectivity index (χ0v) is 11.7. The first-order chi connectivity index (χ1) is 8.54. The number of benzene rings is 1. The maximum Gasteiger partial charge on any atom is 0.379 e. The summed E-state index contributed by atoms with van der Waals surface area (Å²) in [6.45, 7) is 1.87. The first kappa shape index (κ1) is 12.8. The Kier molecular flexibility index (Phi) is 3.52. The fourth-order valence-corrected chi connectivity index (χ4v) is 2.43. The molecule has 0 spiro atoms. The highest BCUT2D eigenvalue weighted by Gasteiger charge is 2.18. The topological polar surface area (TPSA) is 48.3 Å². The van der Waals surface area contributed by atoms with Gasteiger partial charge in [-0.25, -0.2) is 4.79 Å². The van der Waals surface area contributed by atoms with E-state index in [9.17, 15) is 9.59 Å². The lowest BCUT2D eigenvalue weighted by molar-refractivity contribution is -0.137. The summed E-state index contributed by atoms with van der Waals surface area (Å²) in [5, 5.41) is 0.998. The minimum Gasteiger partial charge on any atom is -0.460 e. The number of ether oxygens (including phenoxy) is 1. The number of halogens is 1. The monoisotopic (exact) mass is 309 g/mol. The van der Waals surface area contributed by atoms with Crippen LogP contribution in [0.3, 0.4) is 0 Å². The van der Waals surface area contributed by atoms with E-state index in [-0.39, 0.29) is 6.61 Å². The summed E-state index contributed by atoms with van der Waals surface area (Å²) in [6.07, 6.45) is 1.91. The molecule has 0 aliphatic rings. The maximum absolute atomic E-state index is 11.8. The van der Waals surface area contributed by atoms with Crippen molar-refractivity contribution in [1.29, 1.82) is 0 Å². The molecule has 0 unspecified atom stereocenters. The predicted octanol–water partition coefficient (Wildman–Crippen LogP) is 2.69. The van der Waals surface area contributed by atoms with Gasteiger partial charge in [-0.1, -0.05) is 6.07 Å². The lowest BCUT2D eigenvalue weighted by Crippen LogP contribution is -2.17. The van der Waals surface area contributed by atoms with Gasteiger partial charge in [0.2, 0.25) is 0 Å². The zero-order valence-electron chi connectivity index (χ0n) is 10.1. The van der Waals surface area contributed by atoms with Crippen molar-refractivity contribution >= 4 is 38.6 Å². The standard InChI is InChI=1S/C13H12BrNO3/c1-3-18-13(17)12(16)8-4-5-9-10(14)7-15(2)11(9)6-8/h4-7H,3H2,1-2H3. The minimum absolute atomic E-state index is 0.197. The summed E-state index contributed by atoms with van der Waals surface area (Å²) in [6, 6.07) is 5.14. The lowest BCUT2D eigenvalue weighted by Gasteiger charge is -2.02. The third-order valence-corrected chi connectivity index (χ3v) is 3.30. The summed E-state index contributed by atoms with van der Waals surface area (Å²) < 4.78 is 7.55. The Morgan fingerprint density at radius 1 is 1.39 bits per heavy atom. The SMILES string of the molecule is CCOC(=O)C(=O)c1ccc2c(Br)cn(C)c2c1. The highest BCUT2D eigenvalue weighted by atomic mass is 79.9. The number of carbonyl (C=O) groups excluding carboxylic acids is 2. The molecule has 0 N–H and O–H groups in total. The van der Waals surface area contributed by atoms with Gasteiger partial charge in [0.05, 0.1) is 6.61 Å². The van der Waals surface area contributed by atoms with Crippen LogP contribution in [0.15, 0.2) is 28.9 Å². The van der Waals surface area contributed by atoms with Crippen molar-refractivity contribution in [3.05, 3.63) is 34.4 Å². The van der Waals surface area contributed by atoms with Crippen LogP contribution in [0.4, 0.5) is 0 Å². The van der Waals surface area contributed by atoms with Crippen molar-refractivity contribution in [2.24, 2.45) is 7.05 Å². The molecule has 0 atom stereocenters. The fourth-order valence-electron chi connectivity index (χ4n) is 1.79. The van der Waals surface area contributed by atoms with Crippen molar-refractivity contribution in [3.8, 4) is 0 Å². The molecule has 0 fully saturated rings. The molecule has 1 heterocycles. The fraction of sp³-hybridized carbons (Fsp3) is 0.231. The molecule has 1 aromatic carbocycles. The van der Waals surface area contributed by atoms with Gasteiger partial charge in [0, 0.05) is 34.2 Å². The molecule has 0 aliphatic carbocycles. The van der Waals surface area contributed by atoms with E-state index in [1.54, 1.807) is 19.1 Å². The van der Waals surface area contributed by atoms with E-state index < -0.39 is 11.8 Å². The summed E-state index contributed by atoms with van der Waals surface area (Å²) in [5.41, 5.74) is 1.23. The van der Waals surface area contributed by atoms with Crippen molar-refractivity contribution in [3.63, 3.8) is 0 Å². The maximum atomic E-state index is 11.8. The number of aromatic nitrogens is 1. The van der Waals surface area contributed by atoms with Gasteiger partial charge in [0.1, 0.15) is 0 Å². The zero-order chi connectivity index (χ0) is 13.3. The molecule has 94 valence electrons. The smallest absolute Gasteiger partial charge is 0.379 e. The summed E-state index contributed by atoms with van der Waals surface area (Å²) >= 11 is 3.44. The molecule has 4 nitrogen and oxygen atoms in total. The lowest BCUT2D eigenvalue weighted by atomic mass is 10.1. The molecule has 2 rings (SSSR count). The van der Waals surface area contributed by atoms with Crippen molar-refractivity contribution in [2.75, 3.05) is 6.61 Å². The number of aryl methyl sites for hydroxylation is 1. The molecule has 0 aliphatic heterocycles. The average molecular weight is 310 g/mol. The van der Waals surface area contributed by atoms with Gasteiger partial charge in [-0.2, -0.15) is 0 Å². The van der Waals surface area contributed by atoms with E-state index in [1.165, 1.54) is 0 Å². The molecular formula is C13H12BrNO3. The van der Waals surface area contributed by atoms with Gasteiger partial charge < -0.3 is 9.30 Å². The second-order valence-electron chi connectivity index (χ2n) is 3.87. The molecular weight excluding hydrogens is 298 g/mol. The molecule has 18 heavy (non-hydrogen) atoms. The first-order valence-electron chi connectivity index (χ1n) is 5.50. The molecule has 0 saturated heterocycles. The normalized spacial score (nSPS) is 10.6. The predicted molar refractivity (Wildman–Crippen MR) is 71.6 cm³/mol. The van der Waals surface area contributed by atoms with Crippen molar-refractivity contribution in [2.45, 2.75) is 6.92 Å². The van der Waals surface area contributed by atoms with Crippen molar-refractivity contribution < 1.29 is 14.3 Å². The first-order valence-corrected chi connectivity index (χ1v) is 6.30. The molecule has 0 bridgehead atoms. The van der Waals surface area contributed by atoms with E-state index in [2.05, 4.69) is 15.9 Å². The summed E-state index contributed by atoms with van der Waals surface area (Å²) in [5.74, 6) is -1.43. The van der Waals surface area contributed by atoms with E-state index in [0.29, 0.717) is 5.56 Å². The third-order valence-electron chi connectivity index (χ3n) is 2.67. The molecule has 0 amide bonds. The number of hydrogen-bond donors (Lipinski definition) is 0. The van der Waals surface area contributed by atoms with Crippen LogP contribution in [0.2, 0.25) is 0 Å². The molecule has 1 aromatic heterocycles. The second-order valence-corrected chi connectivity index (χ2v) is 4.72. The van der Waals surface area contributed by atoms with E-state index >= 15 is 0 Å². The quantitative estimate of drug-likeness (QED) is 0.497. The van der Waals surface area contributed by atoms with Crippen LogP contribution in [0, 0.1) is 0 Å². The van der Waals surface area contributed by atoms with Gasteiger partial charge >= 0.3 is 5.97 Å². The molecule has 0 radical (unpaired) electrons. The Labute approximate surface area is 113 Å². The van der Waals surface area contributed by atoms with Crippen LogP contribution >= 0.6 is 15.9 Å². The van der Waals surface area contributed by atoms with Crippen LogP contribution in [-0.2, 0) is 16.6 Å². The van der Waals surface area contributed by atoms with Gasteiger partial charge in [-0.15, -0.1) is 0 Å². The molecule has 2 aromatic rings.